The van der Waals surface area contributed by atoms with E-state index in [9.17, 15) is 4.79 Å². The molecule has 1 unspecified atom stereocenters. The van der Waals surface area contributed by atoms with E-state index in [2.05, 4.69) is 60.2 Å². The normalized spacial score (nSPS) is 18.6. The number of nitrogens with zero attached hydrogens (tertiary/aromatic N) is 3. The summed E-state index contributed by atoms with van der Waals surface area (Å²) < 4.78 is 0. The number of aromatic nitrogens is 1. The molecule has 1 N–H and O–H groups in total. The lowest BCUT2D eigenvalue weighted by atomic mass is 9.79. The smallest absolute Gasteiger partial charge is 0.289 e. The van der Waals surface area contributed by atoms with E-state index in [-0.39, 0.29) is 11.4 Å². The Labute approximate surface area is 155 Å². The van der Waals surface area contributed by atoms with E-state index in [1.165, 1.54) is 11.3 Å². The first-order valence-corrected chi connectivity index (χ1v) is 9.08. The van der Waals surface area contributed by atoms with Crippen LogP contribution >= 0.6 is 0 Å². The number of anilines is 1. The van der Waals surface area contributed by atoms with Gasteiger partial charge in [0.1, 0.15) is 5.69 Å². The number of benzene rings is 1. The number of carbonyl (C=O) groups is 1. The van der Waals surface area contributed by atoms with E-state index in [0.29, 0.717) is 11.6 Å². The Balaban J connectivity index is 1.77. The third kappa shape index (κ3) is 3.62. The molecule has 5 nitrogen and oxygen atoms in total. The Kier molecular flexibility index (Phi) is 5.07. The summed E-state index contributed by atoms with van der Waals surface area (Å²) in [6, 6.07) is 11.6. The van der Waals surface area contributed by atoms with Gasteiger partial charge < -0.3 is 4.90 Å². The maximum absolute atomic E-state index is 12.0. The van der Waals surface area contributed by atoms with E-state index in [0.717, 1.165) is 18.5 Å². The van der Waals surface area contributed by atoms with Crippen LogP contribution < -0.4 is 10.3 Å². The van der Waals surface area contributed by atoms with Crippen molar-refractivity contribution < 1.29 is 4.79 Å². The second kappa shape index (κ2) is 7.28. The number of hydrogen-bond acceptors (Lipinski definition) is 4. The average molecular weight is 350 g/mol. The van der Waals surface area contributed by atoms with Crippen molar-refractivity contribution in [3.05, 3.63) is 59.4 Å². The highest BCUT2D eigenvalue weighted by molar-refractivity contribution is 5.93. The number of hydrazone groups is 1. The largest absolute Gasteiger partial charge is 0.366 e. The van der Waals surface area contributed by atoms with Gasteiger partial charge in [0.05, 0.1) is 6.21 Å². The monoisotopic (exact) mass is 350 g/mol. The van der Waals surface area contributed by atoms with Gasteiger partial charge in [-0.1, -0.05) is 19.1 Å². The Hall–Kier alpha value is -2.69. The van der Waals surface area contributed by atoms with Crippen molar-refractivity contribution in [1.29, 1.82) is 0 Å². The molecule has 1 aromatic carbocycles. The van der Waals surface area contributed by atoms with Gasteiger partial charge in [-0.25, -0.2) is 5.43 Å². The van der Waals surface area contributed by atoms with Gasteiger partial charge in [0, 0.05) is 24.0 Å². The van der Waals surface area contributed by atoms with Crippen LogP contribution in [-0.2, 0) is 0 Å². The van der Waals surface area contributed by atoms with E-state index in [1.807, 2.05) is 6.07 Å². The molecule has 136 valence electrons. The van der Waals surface area contributed by atoms with Crippen LogP contribution in [0.2, 0.25) is 0 Å². The van der Waals surface area contributed by atoms with Crippen molar-refractivity contribution >= 4 is 17.8 Å². The van der Waals surface area contributed by atoms with Crippen LogP contribution in [0.4, 0.5) is 5.69 Å². The molecule has 2 heterocycles. The molecule has 0 spiro atoms. The standard InChI is InChI=1S/C21H26N4O/c1-5-25-19-10-9-16(12-17(19)15(2)13-21(25,3)4)14-23-24-20(26)18-8-6-7-11-22-18/h6-12,14-15H,5,13H2,1-4H3,(H,24,26)/b23-14-. The zero-order valence-corrected chi connectivity index (χ0v) is 15.9. The van der Waals surface area contributed by atoms with Gasteiger partial charge in [-0.2, -0.15) is 5.10 Å². The lowest BCUT2D eigenvalue weighted by molar-refractivity contribution is 0.0950. The van der Waals surface area contributed by atoms with Gasteiger partial charge >= 0.3 is 0 Å². The van der Waals surface area contributed by atoms with Crippen LogP contribution in [0.3, 0.4) is 0 Å². The fourth-order valence-corrected chi connectivity index (χ4v) is 3.91. The summed E-state index contributed by atoms with van der Waals surface area (Å²) in [5.41, 5.74) is 6.66. The first-order valence-electron chi connectivity index (χ1n) is 9.08. The van der Waals surface area contributed by atoms with Gasteiger partial charge in [0.25, 0.3) is 5.91 Å². The number of hydrogen-bond donors (Lipinski definition) is 1. The van der Waals surface area contributed by atoms with Gasteiger partial charge in [-0.05, 0) is 68.5 Å². The second-order valence-corrected chi connectivity index (χ2v) is 7.39. The molecule has 3 rings (SSSR count). The second-order valence-electron chi connectivity index (χ2n) is 7.39. The van der Waals surface area contributed by atoms with Gasteiger partial charge in [0.15, 0.2) is 0 Å². The Morgan fingerprint density at radius 3 is 2.88 bits per heavy atom. The summed E-state index contributed by atoms with van der Waals surface area (Å²) in [4.78, 5) is 18.5. The number of nitrogens with one attached hydrogen (secondary N) is 1. The topological polar surface area (TPSA) is 57.6 Å². The summed E-state index contributed by atoms with van der Waals surface area (Å²) in [5.74, 6) is 0.173. The van der Waals surface area contributed by atoms with Crippen LogP contribution in [0.25, 0.3) is 0 Å². The lowest BCUT2D eigenvalue weighted by Gasteiger charge is -2.47. The number of fused-ring (bicyclic) bond motifs is 1. The quantitative estimate of drug-likeness (QED) is 0.671. The van der Waals surface area contributed by atoms with Crippen molar-refractivity contribution in [2.45, 2.75) is 45.6 Å². The summed E-state index contributed by atoms with van der Waals surface area (Å²) in [7, 11) is 0. The fourth-order valence-electron chi connectivity index (χ4n) is 3.91. The summed E-state index contributed by atoms with van der Waals surface area (Å²) in [6.45, 7) is 10.1. The Morgan fingerprint density at radius 2 is 2.19 bits per heavy atom. The molecule has 0 radical (unpaired) electrons. The van der Waals surface area contributed by atoms with Crippen LogP contribution in [-0.4, -0.2) is 29.2 Å². The number of amides is 1. The van der Waals surface area contributed by atoms with E-state index in [4.69, 9.17) is 0 Å². The molecule has 26 heavy (non-hydrogen) atoms. The van der Waals surface area contributed by atoms with Gasteiger partial charge in [0.2, 0.25) is 0 Å². The highest BCUT2D eigenvalue weighted by Crippen LogP contribution is 2.43. The summed E-state index contributed by atoms with van der Waals surface area (Å²) >= 11 is 0. The van der Waals surface area contributed by atoms with Crippen molar-refractivity contribution in [2.24, 2.45) is 5.10 Å². The van der Waals surface area contributed by atoms with Gasteiger partial charge in [-0.3, -0.25) is 9.78 Å². The molecule has 1 amide bonds. The molecular weight excluding hydrogens is 324 g/mol. The molecule has 0 aliphatic carbocycles. The number of carbonyl (C=O) groups excluding carboxylic acids is 1. The minimum Gasteiger partial charge on any atom is -0.366 e. The van der Waals surface area contributed by atoms with Crippen LogP contribution in [0.1, 0.15) is 61.6 Å². The maximum atomic E-state index is 12.0. The number of pyridine rings is 1. The van der Waals surface area contributed by atoms with Crippen LogP contribution in [0.5, 0.6) is 0 Å². The molecule has 1 aromatic heterocycles. The lowest BCUT2D eigenvalue weighted by Crippen LogP contribution is -2.48. The van der Waals surface area contributed by atoms with Crippen LogP contribution in [0.15, 0.2) is 47.7 Å². The molecule has 0 saturated heterocycles. The molecule has 0 fully saturated rings. The van der Waals surface area contributed by atoms with Crippen molar-refractivity contribution in [3.63, 3.8) is 0 Å². The zero-order chi connectivity index (χ0) is 18.7. The number of rotatable bonds is 4. The minimum absolute atomic E-state index is 0.160. The Bertz CT molecular complexity index is 814. The van der Waals surface area contributed by atoms with Crippen molar-refractivity contribution in [3.8, 4) is 0 Å². The minimum atomic E-state index is -0.313. The van der Waals surface area contributed by atoms with E-state index >= 15 is 0 Å². The first kappa shape index (κ1) is 18.1. The summed E-state index contributed by atoms with van der Waals surface area (Å²) in [6.07, 6.45) is 4.39. The first-order chi connectivity index (χ1) is 12.4. The molecular formula is C21H26N4O. The molecule has 1 aliphatic heterocycles. The van der Waals surface area contributed by atoms with Crippen molar-refractivity contribution in [1.82, 2.24) is 10.4 Å². The third-order valence-electron chi connectivity index (χ3n) is 5.00. The molecule has 0 saturated carbocycles. The maximum Gasteiger partial charge on any atom is 0.289 e. The molecule has 1 atom stereocenters. The molecule has 1 aliphatic rings. The predicted molar refractivity (Wildman–Crippen MR) is 106 cm³/mol. The van der Waals surface area contributed by atoms with Crippen LogP contribution in [0, 0.1) is 0 Å². The van der Waals surface area contributed by atoms with Gasteiger partial charge in [-0.15, -0.1) is 0 Å². The van der Waals surface area contributed by atoms with E-state index < -0.39 is 0 Å². The molecule has 0 bridgehead atoms. The Morgan fingerprint density at radius 1 is 1.38 bits per heavy atom. The molecule has 2 aromatic rings. The predicted octanol–water partition coefficient (Wildman–Crippen LogP) is 3.96. The molecule has 5 heteroatoms. The van der Waals surface area contributed by atoms with E-state index in [1.54, 1.807) is 30.6 Å². The zero-order valence-electron chi connectivity index (χ0n) is 15.9. The average Bonchev–Trinajstić information content (AvgIpc) is 2.62. The highest BCUT2D eigenvalue weighted by Gasteiger charge is 2.35. The fraction of sp³-hybridized carbons (Fsp3) is 0.381. The third-order valence-corrected chi connectivity index (χ3v) is 5.00. The SMILES string of the molecule is CCN1c2ccc(/C=N\NC(=O)c3ccccn3)cc2C(C)CC1(C)C. The summed E-state index contributed by atoms with van der Waals surface area (Å²) in [5, 5.41) is 4.08. The highest BCUT2D eigenvalue weighted by atomic mass is 16.2. The van der Waals surface area contributed by atoms with Crippen molar-refractivity contribution in [2.75, 3.05) is 11.4 Å².